The highest BCUT2D eigenvalue weighted by Gasteiger charge is 2.22. The van der Waals surface area contributed by atoms with Gasteiger partial charge in [-0.15, -0.1) is 0 Å². The van der Waals surface area contributed by atoms with Crippen molar-refractivity contribution in [3.63, 3.8) is 0 Å². The Morgan fingerprint density at radius 3 is 2.16 bits per heavy atom. The Balaban J connectivity index is 1.74. The predicted octanol–water partition coefficient (Wildman–Crippen LogP) is 6.61. The molecule has 3 nitrogen and oxygen atoms in total. The minimum absolute atomic E-state index is 0.0762. The average Bonchev–Trinajstić information content (AvgIpc) is 3.13. The quantitative estimate of drug-likeness (QED) is 0.358. The van der Waals surface area contributed by atoms with Crippen LogP contribution in [0.5, 0.6) is 0 Å². The van der Waals surface area contributed by atoms with E-state index in [0.717, 1.165) is 32.0 Å². The number of fused-ring (bicyclic) bond motifs is 1. The molecule has 4 rings (SSSR count). The van der Waals surface area contributed by atoms with Crippen LogP contribution in [0.15, 0.2) is 54.6 Å². The lowest BCUT2D eigenvalue weighted by Gasteiger charge is -2.21. The van der Waals surface area contributed by atoms with Crippen molar-refractivity contribution in [3.8, 4) is 0 Å². The Bertz CT molecular complexity index is 1230. The van der Waals surface area contributed by atoms with Gasteiger partial charge in [0.1, 0.15) is 0 Å². The molecule has 0 radical (unpaired) electrons. The first-order chi connectivity index (χ1) is 14.8. The minimum Gasteiger partial charge on any atom is -0.283 e. The second-order valence-electron chi connectivity index (χ2n) is 8.44. The molecule has 0 aliphatic rings. The third-order valence-corrected chi connectivity index (χ3v) is 6.73. The van der Waals surface area contributed by atoms with Gasteiger partial charge in [-0.1, -0.05) is 65.4 Å². The van der Waals surface area contributed by atoms with Gasteiger partial charge < -0.3 is 0 Å². The number of nitrogens with zero attached hydrogens (tertiary/aromatic N) is 2. The van der Waals surface area contributed by atoms with Crippen LogP contribution in [0.4, 0.5) is 5.13 Å². The topological polar surface area (TPSA) is 33.2 Å². The number of hydrogen-bond donors (Lipinski definition) is 0. The Hall–Kier alpha value is -2.98. The van der Waals surface area contributed by atoms with Gasteiger partial charge in [0.15, 0.2) is 5.13 Å². The molecular weight excluding hydrogens is 400 g/mol. The molecule has 3 aromatic carbocycles. The predicted molar refractivity (Wildman–Crippen MR) is 131 cm³/mol. The summed E-state index contributed by atoms with van der Waals surface area (Å²) in [5.74, 6) is 0.0762. The van der Waals surface area contributed by atoms with Crippen molar-refractivity contribution in [1.29, 1.82) is 0 Å². The maximum absolute atomic E-state index is 13.6. The highest BCUT2D eigenvalue weighted by atomic mass is 32.1. The van der Waals surface area contributed by atoms with Crippen LogP contribution in [-0.2, 0) is 17.8 Å². The second-order valence-corrected chi connectivity index (χ2v) is 9.45. The van der Waals surface area contributed by atoms with Gasteiger partial charge in [-0.3, -0.25) is 9.69 Å². The van der Waals surface area contributed by atoms with E-state index in [-0.39, 0.29) is 5.91 Å². The molecule has 0 aliphatic carbocycles. The van der Waals surface area contributed by atoms with Gasteiger partial charge in [0.05, 0.1) is 23.2 Å². The standard InChI is InChI=1S/C27H28N2OS/c1-17-11-19(3)23(20(4)12-17)15-25(30)29(16-22-9-7-6-8-10-22)27-28-26-21(5)13-18(2)14-24(26)31-27/h6-14H,15-16H2,1-5H3. The number of amides is 1. The maximum atomic E-state index is 13.6. The number of aryl methyl sites for hydroxylation is 5. The number of carbonyl (C=O) groups excluding carboxylic acids is 1. The number of hydrogen-bond acceptors (Lipinski definition) is 3. The molecule has 0 N–H and O–H groups in total. The summed E-state index contributed by atoms with van der Waals surface area (Å²) in [6.45, 7) is 11.0. The van der Waals surface area contributed by atoms with Gasteiger partial charge in [0, 0.05) is 0 Å². The number of aromatic nitrogens is 1. The molecule has 0 atom stereocenters. The largest absolute Gasteiger partial charge is 0.283 e. The van der Waals surface area contributed by atoms with Crippen molar-refractivity contribution in [2.75, 3.05) is 4.90 Å². The number of rotatable bonds is 5. The summed E-state index contributed by atoms with van der Waals surface area (Å²) in [4.78, 5) is 20.4. The summed E-state index contributed by atoms with van der Waals surface area (Å²) in [5, 5.41) is 0.764. The number of thiazole rings is 1. The van der Waals surface area contributed by atoms with Crippen LogP contribution in [0.1, 0.15) is 38.9 Å². The molecule has 1 amide bonds. The Morgan fingerprint density at radius 1 is 0.871 bits per heavy atom. The Kier molecular flexibility index (Phi) is 5.92. The third kappa shape index (κ3) is 4.54. The van der Waals surface area contributed by atoms with Crippen LogP contribution in [0, 0.1) is 34.6 Å². The van der Waals surface area contributed by atoms with Crippen molar-refractivity contribution in [1.82, 2.24) is 4.98 Å². The minimum atomic E-state index is 0.0762. The number of anilines is 1. The highest BCUT2D eigenvalue weighted by Crippen LogP contribution is 2.33. The molecule has 31 heavy (non-hydrogen) atoms. The normalized spacial score (nSPS) is 11.1. The molecule has 4 heteroatoms. The lowest BCUT2D eigenvalue weighted by Crippen LogP contribution is -2.32. The Labute approximate surface area is 188 Å². The molecule has 4 aromatic rings. The van der Waals surface area contributed by atoms with Gasteiger partial charge in [0.25, 0.3) is 0 Å². The van der Waals surface area contributed by atoms with Crippen LogP contribution in [-0.4, -0.2) is 10.9 Å². The van der Waals surface area contributed by atoms with E-state index in [9.17, 15) is 4.79 Å². The molecular formula is C27H28N2OS. The van der Waals surface area contributed by atoms with Crippen LogP contribution < -0.4 is 4.90 Å². The summed E-state index contributed by atoms with van der Waals surface area (Å²) >= 11 is 1.60. The molecule has 0 bridgehead atoms. The van der Waals surface area contributed by atoms with E-state index in [1.165, 1.54) is 22.3 Å². The van der Waals surface area contributed by atoms with Gasteiger partial charge in [0.2, 0.25) is 5.91 Å². The molecule has 158 valence electrons. The van der Waals surface area contributed by atoms with E-state index in [4.69, 9.17) is 4.98 Å². The fourth-order valence-corrected chi connectivity index (χ4v) is 5.40. The van der Waals surface area contributed by atoms with Gasteiger partial charge in [-0.05, 0) is 74.1 Å². The number of benzene rings is 3. The van der Waals surface area contributed by atoms with Crippen molar-refractivity contribution < 1.29 is 4.79 Å². The van der Waals surface area contributed by atoms with Crippen LogP contribution >= 0.6 is 11.3 Å². The monoisotopic (exact) mass is 428 g/mol. The fourth-order valence-electron chi connectivity index (χ4n) is 4.24. The second kappa shape index (κ2) is 8.64. The van der Waals surface area contributed by atoms with Crippen molar-refractivity contribution in [2.45, 2.75) is 47.6 Å². The smallest absolute Gasteiger partial charge is 0.233 e. The van der Waals surface area contributed by atoms with E-state index >= 15 is 0 Å². The fraction of sp³-hybridized carbons (Fsp3) is 0.259. The highest BCUT2D eigenvalue weighted by molar-refractivity contribution is 7.22. The summed E-state index contributed by atoms with van der Waals surface area (Å²) < 4.78 is 1.13. The van der Waals surface area contributed by atoms with Crippen LogP contribution in [0.2, 0.25) is 0 Å². The first-order valence-corrected chi connectivity index (χ1v) is 11.4. The Morgan fingerprint density at radius 2 is 1.48 bits per heavy atom. The first-order valence-electron chi connectivity index (χ1n) is 10.6. The molecule has 1 aromatic heterocycles. The van der Waals surface area contributed by atoms with E-state index in [1.807, 2.05) is 23.1 Å². The van der Waals surface area contributed by atoms with Gasteiger partial charge in [-0.25, -0.2) is 4.98 Å². The lowest BCUT2D eigenvalue weighted by molar-refractivity contribution is -0.118. The van der Waals surface area contributed by atoms with Crippen molar-refractivity contribution in [3.05, 3.63) is 93.5 Å². The molecule has 0 saturated carbocycles. The zero-order valence-corrected chi connectivity index (χ0v) is 19.6. The summed E-state index contributed by atoms with van der Waals surface area (Å²) in [7, 11) is 0. The maximum Gasteiger partial charge on any atom is 0.233 e. The zero-order valence-electron chi connectivity index (χ0n) is 18.8. The molecule has 0 aliphatic heterocycles. The third-order valence-electron chi connectivity index (χ3n) is 5.70. The molecule has 0 unspecified atom stereocenters. The van der Waals surface area contributed by atoms with Gasteiger partial charge in [-0.2, -0.15) is 0 Å². The molecule has 0 fully saturated rings. The van der Waals surface area contributed by atoms with Crippen molar-refractivity contribution >= 4 is 32.6 Å². The summed E-state index contributed by atoms with van der Waals surface area (Å²) in [6, 6.07) is 18.8. The van der Waals surface area contributed by atoms with Gasteiger partial charge >= 0.3 is 0 Å². The van der Waals surface area contributed by atoms with E-state index < -0.39 is 0 Å². The van der Waals surface area contributed by atoms with Crippen LogP contribution in [0.3, 0.4) is 0 Å². The average molecular weight is 429 g/mol. The SMILES string of the molecule is Cc1cc(C)c(CC(=O)N(Cc2ccccc2)c2nc3c(C)cc(C)cc3s2)c(C)c1. The first kappa shape index (κ1) is 21.3. The van der Waals surface area contributed by atoms with E-state index in [2.05, 4.69) is 71.0 Å². The zero-order chi connectivity index (χ0) is 22.1. The van der Waals surface area contributed by atoms with Crippen molar-refractivity contribution in [2.24, 2.45) is 0 Å². The lowest BCUT2D eigenvalue weighted by atomic mass is 9.97. The van der Waals surface area contributed by atoms with E-state index in [1.54, 1.807) is 11.3 Å². The number of carbonyl (C=O) groups is 1. The van der Waals surface area contributed by atoms with E-state index in [0.29, 0.717) is 13.0 Å². The molecule has 1 heterocycles. The summed E-state index contributed by atoms with van der Waals surface area (Å²) in [5.41, 5.74) is 9.12. The summed E-state index contributed by atoms with van der Waals surface area (Å²) in [6.07, 6.45) is 0.374. The molecule has 0 saturated heterocycles. The van der Waals surface area contributed by atoms with Crippen LogP contribution in [0.25, 0.3) is 10.2 Å². The molecule has 0 spiro atoms.